The van der Waals surface area contributed by atoms with Crippen molar-refractivity contribution in [2.75, 3.05) is 6.61 Å². The molecule has 3 heterocycles. The van der Waals surface area contributed by atoms with Crippen LogP contribution < -0.4 is 0 Å². The van der Waals surface area contributed by atoms with Gasteiger partial charge in [-0.05, 0) is 19.3 Å². The first-order valence-corrected chi connectivity index (χ1v) is 32.9. The Morgan fingerprint density at radius 1 is 0.461 bits per heavy atom. The molecule has 4 unspecified atom stereocenters. The number of aromatic nitrogens is 4. The number of aromatic amines is 1. The van der Waals surface area contributed by atoms with Gasteiger partial charge in [0.25, 0.3) is 0 Å². The van der Waals surface area contributed by atoms with Crippen LogP contribution in [0.3, 0.4) is 0 Å². The topological polar surface area (TPSA) is 135 Å². The van der Waals surface area contributed by atoms with E-state index in [1.54, 1.807) is 10.9 Å². The van der Waals surface area contributed by atoms with E-state index in [9.17, 15) is 14.4 Å². The van der Waals surface area contributed by atoms with Gasteiger partial charge in [0.1, 0.15) is 23.9 Å². The number of carbonyl (C=O) groups is 3. The molecule has 0 bridgehead atoms. The summed E-state index contributed by atoms with van der Waals surface area (Å²) in [5, 5.41) is 0. The lowest BCUT2D eigenvalue weighted by Crippen LogP contribution is -2.41. The first-order chi connectivity index (χ1) is 37.4. The molecule has 0 aromatic carbocycles. The molecule has 2 aromatic heterocycles. The molecular formula is C64H114N4O7S. The summed E-state index contributed by atoms with van der Waals surface area (Å²) in [6, 6.07) is 0. The summed E-state index contributed by atoms with van der Waals surface area (Å²) in [5.41, 5.74) is 1.02. The first-order valence-electron chi connectivity index (χ1n) is 32.5. The van der Waals surface area contributed by atoms with Crippen molar-refractivity contribution in [3.8, 4) is 0 Å². The quantitative estimate of drug-likeness (QED) is 0.0295. The van der Waals surface area contributed by atoms with Crippen LogP contribution in [0.5, 0.6) is 0 Å². The SMILES string of the molecule is CCCCCCCCCCCCCCCCCC(=O)OCC1OC(n2cnc3c(=S)nc[nH]c32)C(OC(=O)CCCCCCCCCCCCCCCCC)C1OC(=O)CCCCCCCCCCCCCCCCC. The summed E-state index contributed by atoms with van der Waals surface area (Å²) >= 11 is 5.50. The van der Waals surface area contributed by atoms with E-state index in [0.717, 1.165) is 44.9 Å². The van der Waals surface area contributed by atoms with Crippen LogP contribution in [-0.2, 0) is 33.3 Å². The van der Waals surface area contributed by atoms with Crippen molar-refractivity contribution in [1.82, 2.24) is 19.5 Å². The number of hydrogen-bond acceptors (Lipinski definition) is 10. The summed E-state index contributed by atoms with van der Waals surface area (Å²) in [7, 11) is 0. The molecule has 438 valence electrons. The molecule has 1 aliphatic rings. The maximum Gasteiger partial charge on any atom is 0.306 e. The largest absolute Gasteiger partial charge is 0.463 e. The molecule has 3 rings (SSSR count). The van der Waals surface area contributed by atoms with E-state index < -0.39 is 24.5 Å². The van der Waals surface area contributed by atoms with Crippen LogP contribution in [0.2, 0.25) is 0 Å². The van der Waals surface area contributed by atoms with Gasteiger partial charge in [-0.15, -0.1) is 0 Å². The second-order valence-electron chi connectivity index (χ2n) is 22.8. The van der Waals surface area contributed by atoms with Gasteiger partial charge >= 0.3 is 17.9 Å². The number of H-pyrrole nitrogens is 1. The van der Waals surface area contributed by atoms with E-state index in [4.69, 9.17) is 31.2 Å². The van der Waals surface area contributed by atoms with Crippen molar-refractivity contribution >= 4 is 41.3 Å². The molecule has 4 atom stereocenters. The monoisotopic (exact) mass is 1080 g/mol. The van der Waals surface area contributed by atoms with Crippen LogP contribution in [0.25, 0.3) is 11.2 Å². The average molecular weight is 1080 g/mol. The molecule has 2 aromatic rings. The maximum atomic E-state index is 13.8. The Hall–Kier alpha value is -2.86. The molecule has 1 saturated heterocycles. The highest BCUT2D eigenvalue weighted by Crippen LogP contribution is 2.37. The zero-order chi connectivity index (χ0) is 54.4. The third kappa shape index (κ3) is 32.3. The van der Waals surface area contributed by atoms with Crippen LogP contribution in [0.4, 0.5) is 0 Å². The number of imidazole rings is 1. The van der Waals surface area contributed by atoms with Gasteiger partial charge in [-0.25, -0.2) is 9.97 Å². The zero-order valence-corrected chi connectivity index (χ0v) is 50.0. The highest BCUT2D eigenvalue weighted by Gasteiger charge is 2.51. The molecule has 1 fully saturated rings. The molecule has 1 N–H and O–H groups in total. The lowest BCUT2D eigenvalue weighted by molar-refractivity contribution is -0.169. The minimum Gasteiger partial charge on any atom is -0.463 e. The van der Waals surface area contributed by atoms with Crippen molar-refractivity contribution in [2.24, 2.45) is 0 Å². The van der Waals surface area contributed by atoms with Crippen molar-refractivity contribution in [2.45, 2.75) is 354 Å². The minimum absolute atomic E-state index is 0.137. The molecule has 1 aliphatic heterocycles. The predicted molar refractivity (Wildman–Crippen MR) is 316 cm³/mol. The van der Waals surface area contributed by atoms with Crippen molar-refractivity contribution in [3.63, 3.8) is 0 Å². The molecule has 0 radical (unpaired) electrons. The van der Waals surface area contributed by atoms with Crippen molar-refractivity contribution in [3.05, 3.63) is 17.3 Å². The molecule has 0 saturated carbocycles. The summed E-state index contributed by atoms with van der Waals surface area (Å²) in [6.45, 7) is 6.68. The highest BCUT2D eigenvalue weighted by atomic mass is 32.1. The number of nitrogens with zero attached hydrogens (tertiary/aromatic N) is 3. The Labute approximate surface area is 469 Å². The van der Waals surface area contributed by atoms with E-state index >= 15 is 0 Å². The summed E-state index contributed by atoms with van der Waals surface area (Å²) in [4.78, 5) is 52.6. The maximum absolute atomic E-state index is 13.8. The standard InChI is InChI=1S/C64H114N4O7S/c1-4-7-10-13-16-19-22-25-28-31-34-37-40-43-46-49-56(69)72-52-55-60(74-57(70)50-47-44-41-38-35-32-29-26-23-20-17-14-11-8-5-2)61(64(73-55)68-54-67-59-62(68)65-53-66-63(59)76)75-58(71)51-48-45-42-39-36-33-30-27-24-21-18-15-12-9-6-3/h53-55,60-61,64H,4-52H2,1-3H3,(H,65,66,76). The lowest BCUT2D eigenvalue weighted by Gasteiger charge is -2.25. The average Bonchev–Trinajstić information content (AvgIpc) is 4.02. The van der Waals surface area contributed by atoms with Gasteiger partial charge in [-0.2, -0.15) is 0 Å². The van der Waals surface area contributed by atoms with Gasteiger partial charge in [-0.1, -0.05) is 303 Å². The number of fused-ring (bicyclic) bond motifs is 1. The fourth-order valence-corrected chi connectivity index (χ4v) is 11.2. The van der Waals surface area contributed by atoms with Crippen LogP contribution in [0, 0.1) is 4.64 Å². The molecule has 76 heavy (non-hydrogen) atoms. The van der Waals surface area contributed by atoms with Gasteiger partial charge in [-0.3, -0.25) is 19.0 Å². The second kappa shape index (κ2) is 47.0. The molecule has 0 aliphatic carbocycles. The number of carbonyl (C=O) groups excluding carboxylic acids is 3. The van der Waals surface area contributed by atoms with Crippen LogP contribution in [0.15, 0.2) is 12.7 Å². The van der Waals surface area contributed by atoms with Gasteiger partial charge in [0, 0.05) is 19.3 Å². The summed E-state index contributed by atoms with van der Waals surface area (Å²) in [5.74, 6) is -1.06. The Balaban J connectivity index is 1.52. The van der Waals surface area contributed by atoms with Crippen LogP contribution in [-0.4, -0.2) is 62.3 Å². The minimum atomic E-state index is -1.01. The van der Waals surface area contributed by atoms with Crippen LogP contribution in [0.1, 0.15) is 335 Å². The first kappa shape index (κ1) is 67.4. The second-order valence-corrected chi connectivity index (χ2v) is 23.2. The zero-order valence-electron chi connectivity index (χ0n) is 49.2. The number of unbranched alkanes of at least 4 members (excludes halogenated alkanes) is 42. The fourth-order valence-electron chi connectivity index (χ4n) is 11.0. The third-order valence-corrected chi connectivity index (χ3v) is 16.1. The normalized spacial score (nSPS) is 16.5. The molecular weight excluding hydrogens is 969 g/mol. The third-order valence-electron chi connectivity index (χ3n) is 15.8. The van der Waals surface area contributed by atoms with Crippen molar-refractivity contribution < 1.29 is 33.3 Å². The Bertz CT molecular complexity index is 1770. The Kier molecular flexibility index (Phi) is 41.7. The molecule has 12 heteroatoms. The summed E-state index contributed by atoms with van der Waals surface area (Å²) in [6.07, 6.45) is 56.2. The lowest BCUT2D eigenvalue weighted by atomic mass is 10.0. The Morgan fingerprint density at radius 2 is 0.776 bits per heavy atom. The highest BCUT2D eigenvalue weighted by molar-refractivity contribution is 7.71. The van der Waals surface area contributed by atoms with Crippen molar-refractivity contribution in [1.29, 1.82) is 0 Å². The van der Waals surface area contributed by atoms with Crippen LogP contribution >= 0.6 is 12.2 Å². The predicted octanol–water partition coefficient (Wildman–Crippen LogP) is 19.5. The van der Waals surface area contributed by atoms with E-state index in [1.807, 2.05) is 0 Å². The number of hydrogen-bond donors (Lipinski definition) is 1. The molecule has 11 nitrogen and oxygen atoms in total. The van der Waals surface area contributed by atoms with E-state index in [-0.39, 0.29) is 37.4 Å². The fraction of sp³-hybridized carbons (Fsp3) is 0.875. The summed E-state index contributed by atoms with van der Waals surface area (Å²) < 4.78 is 27.1. The number of ether oxygens (including phenoxy) is 4. The number of nitrogens with one attached hydrogen (secondary N) is 1. The van der Waals surface area contributed by atoms with Gasteiger partial charge in [0.15, 0.2) is 23.1 Å². The number of rotatable bonds is 53. The van der Waals surface area contributed by atoms with E-state index in [1.165, 1.54) is 237 Å². The van der Waals surface area contributed by atoms with Gasteiger partial charge in [0.2, 0.25) is 0 Å². The van der Waals surface area contributed by atoms with E-state index in [0.29, 0.717) is 35.1 Å². The van der Waals surface area contributed by atoms with Gasteiger partial charge < -0.3 is 23.9 Å². The number of esters is 3. The van der Waals surface area contributed by atoms with E-state index in [2.05, 4.69) is 35.7 Å². The van der Waals surface area contributed by atoms with Gasteiger partial charge in [0.05, 0.1) is 12.7 Å². The Morgan fingerprint density at radius 3 is 1.13 bits per heavy atom. The molecule has 0 spiro atoms. The molecule has 0 amide bonds. The smallest absolute Gasteiger partial charge is 0.306 e.